The van der Waals surface area contributed by atoms with Gasteiger partial charge in [0.05, 0.1) is 15.5 Å². The molecular formula is C11H13Cl2F3N2O2S. The van der Waals surface area contributed by atoms with E-state index in [2.05, 4.69) is 0 Å². The van der Waals surface area contributed by atoms with Crippen LogP contribution in [0.15, 0.2) is 23.1 Å². The minimum atomic E-state index is -4.70. The second kappa shape index (κ2) is 6.29. The van der Waals surface area contributed by atoms with E-state index in [0.717, 1.165) is 16.4 Å². The largest absolute Gasteiger partial charge is 0.417 e. The third-order valence-electron chi connectivity index (χ3n) is 3.07. The summed E-state index contributed by atoms with van der Waals surface area (Å²) in [5.74, 6) is 0. The predicted octanol–water partition coefficient (Wildman–Crippen LogP) is 2.50. The Balaban J connectivity index is 0.00000220. The lowest BCUT2D eigenvalue weighted by molar-refractivity contribution is -0.137. The van der Waals surface area contributed by atoms with Crippen LogP contribution in [-0.4, -0.2) is 31.9 Å². The lowest BCUT2D eigenvalue weighted by Gasteiger charge is -2.17. The van der Waals surface area contributed by atoms with Gasteiger partial charge in [-0.05, 0) is 24.6 Å². The van der Waals surface area contributed by atoms with Crippen molar-refractivity contribution in [2.75, 3.05) is 13.1 Å². The summed E-state index contributed by atoms with van der Waals surface area (Å²) in [5.41, 5.74) is 4.45. The van der Waals surface area contributed by atoms with E-state index in [1.165, 1.54) is 0 Å². The van der Waals surface area contributed by atoms with Gasteiger partial charge in [-0.3, -0.25) is 0 Å². The first-order valence-electron chi connectivity index (χ1n) is 5.75. The molecule has 2 N–H and O–H groups in total. The van der Waals surface area contributed by atoms with Crippen LogP contribution in [0.4, 0.5) is 13.2 Å². The molecule has 4 nitrogen and oxygen atoms in total. The van der Waals surface area contributed by atoms with E-state index in [9.17, 15) is 21.6 Å². The lowest BCUT2D eigenvalue weighted by atomic mass is 10.2. The second-order valence-corrected chi connectivity index (χ2v) is 6.90. The van der Waals surface area contributed by atoms with Crippen LogP contribution < -0.4 is 5.73 Å². The van der Waals surface area contributed by atoms with Gasteiger partial charge in [0.25, 0.3) is 0 Å². The highest BCUT2D eigenvalue weighted by Gasteiger charge is 2.36. The molecule has 0 saturated carbocycles. The summed E-state index contributed by atoms with van der Waals surface area (Å²) in [6, 6.07) is 2.27. The van der Waals surface area contributed by atoms with Crippen molar-refractivity contribution in [3.8, 4) is 0 Å². The summed E-state index contributed by atoms with van der Waals surface area (Å²) in [4.78, 5) is -0.427. The molecule has 1 atom stereocenters. The van der Waals surface area contributed by atoms with E-state index in [1.807, 2.05) is 0 Å². The van der Waals surface area contributed by atoms with E-state index < -0.39 is 31.7 Å². The smallest absolute Gasteiger partial charge is 0.326 e. The number of nitrogens with two attached hydrogens (primary N) is 1. The molecule has 1 saturated heterocycles. The Morgan fingerprint density at radius 1 is 1.33 bits per heavy atom. The number of halogens is 5. The van der Waals surface area contributed by atoms with Gasteiger partial charge in [0.2, 0.25) is 10.0 Å². The molecule has 1 aliphatic heterocycles. The van der Waals surface area contributed by atoms with Crippen molar-refractivity contribution < 1.29 is 21.6 Å². The molecule has 1 aliphatic rings. The Morgan fingerprint density at radius 2 is 1.95 bits per heavy atom. The number of hydrogen-bond acceptors (Lipinski definition) is 3. The number of sulfonamides is 1. The predicted molar refractivity (Wildman–Crippen MR) is 75.1 cm³/mol. The minimum absolute atomic E-state index is 0. The molecule has 1 aromatic rings. The van der Waals surface area contributed by atoms with Crippen LogP contribution in [0.25, 0.3) is 0 Å². The van der Waals surface area contributed by atoms with E-state index in [1.54, 1.807) is 0 Å². The van der Waals surface area contributed by atoms with Crippen LogP contribution >= 0.6 is 24.0 Å². The van der Waals surface area contributed by atoms with E-state index >= 15 is 0 Å². The Morgan fingerprint density at radius 3 is 2.43 bits per heavy atom. The molecule has 1 aromatic carbocycles. The highest BCUT2D eigenvalue weighted by Crippen LogP contribution is 2.36. The molecule has 0 amide bonds. The zero-order valence-electron chi connectivity index (χ0n) is 10.6. The summed E-state index contributed by atoms with van der Waals surface area (Å²) in [6.07, 6.45) is -4.22. The summed E-state index contributed by atoms with van der Waals surface area (Å²) in [7, 11) is -3.98. The maximum atomic E-state index is 12.7. The lowest BCUT2D eigenvalue weighted by Crippen LogP contribution is -2.32. The van der Waals surface area contributed by atoms with Crippen molar-refractivity contribution in [3.05, 3.63) is 28.8 Å². The van der Waals surface area contributed by atoms with Gasteiger partial charge in [-0.2, -0.15) is 17.5 Å². The number of alkyl halides is 3. The van der Waals surface area contributed by atoms with Crippen LogP contribution in [0.3, 0.4) is 0 Å². The number of benzene rings is 1. The normalized spacial score (nSPS) is 20.3. The van der Waals surface area contributed by atoms with E-state index in [4.69, 9.17) is 17.3 Å². The van der Waals surface area contributed by atoms with Gasteiger partial charge >= 0.3 is 6.18 Å². The number of rotatable bonds is 2. The topological polar surface area (TPSA) is 63.4 Å². The molecule has 120 valence electrons. The first-order valence-corrected chi connectivity index (χ1v) is 7.56. The van der Waals surface area contributed by atoms with Crippen molar-refractivity contribution in [2.45, 2.75) is 23.5 Å². The minimum Gasteiger partial charge on any atom is -0.326 e. The molecule has 0 radical (unpaired) electrons. The van der Waals surface area contributed by atoms with Crippen LogP contribution in [0.2, 0.25) is 5.02 Å². The quantitative estimate of drug-likeness (QED) is 0.876. The summed E-state index contributed by atoms with van der Waals surface area (Å²) in [5, 5.41) is -0.533. The Labute approximate surface area is 131 Å². The Kier molecular flexibility index (Phi) is 5.55. The van der Waals surface area contributed by atoms with Crippen LogP contribution in [0.5, 0.6) is 0 Å². The van der Waals surface area contributed by atoms with Gasteiger partial charge in [-0.25, -0.2) is 8.42 Å². The maximum absolute atomic E-state index is 12.7. The fourth-order valence-corrected chi connectivity index (χ4v) is 3.77. The molecule has 0 spiro atoms. The van der Waals surface area contributed by atoms with Crippen molar-refractivity contribution in [2.24, 2.45) is 5.73 Å². The fourth-order valence-electron chi connectivity index (χ4n) is 2.00. The molecule has 21 heavy (non-hydrogen) atoms. The van der Waals surface area contributed by atoms with Crippen molar-refractivity contribution >= 4 is 34.0 Å². The molecule has 0 aromatic heterocycles. The average Bonchev–Trinajstić information content (AvgIpc) is 2.75. The third kappa shape index (κ3) is 3.81. The summed E-state index contributed by atoms with van der Waals surface area (Å²) >= 11 is 5.47. The zero-order valence-corrected chi connectivity index (χ0v) is 13.0. The molecule has 2 rings (SSSR count). The van der Waals surface area contributed by atoms with E-state index in [-0.39, 0.29) is 31.5 Å². The third-order valence-corrected chi connectivity index (χ3v) is 5.26. The molecule has 0 bridgehead atoms. The Bertz CT molecular complexity index is 622. The van der Waals surface area contributed by atoms with Crippen LogP contribution in [0.1, 0.15) is 12.0 Å². The average molecular weight is 365 g/mol. The molecule has 10 heteroatoms. The summed E-state index contributed by atoms with van der Waals surface area (Å²) < 4.78 is 63.8. The van der Waals surface area contributed by atoms with Gasteiger partial charge < -0.3 is 5.73 Å². The number of nitrogens with zero attached hydrogens (tertiary/aromatic N) is 1. The van der Waals surface area contributed by atoms with Gasteiger partial charge in [-0.1, -0.05) is 11.6 Å². The molecule has 0 aliphatic carbocycles. The first-order chi connectivity index (χ1) is 9.12. The molecule has 1 heterocycles. The van der Waals surface area contributed by atoms with Crippen molar-refractivity contribution in [3.63, 3.8) is 0 Å². The molecule has 1 fully saturated rings. The van der Waals surface area contributed by atoms with E-state index in [0.29, 0.717) is 12.5 Å². The maximum Gasteiger partial charge on any atom is 0.417 e. The second-order valence-electron chi connectivity index (χ2n) is 4.55. The van der Waals surface area contributed by atoms with Crippen molar-refractivity contribution in [1.82, 2.24) is 4.31 Å². The standard InChI is InChI=1S/C11H12ClF3N2O2S.ClH/c12-10-2-1-8(5-9(10)11(13,14)15)20(18,19)17-4-3-7(16)6-17;/h1-2,5,7H,3-4,6,16H2;1H/t7-;/m0./s1. The Hall–Kier alpha value is -0.540. The van der Waals surface area contributed by atoms with Crippen LogP contribution in [0, 0.1) is 0 Å². The SMILES string of the molecule is Cl.N[C@H]1CCN(S(=O)(=O)c2ccc(Cl)c(C(F)(F)F)c2)C1. The molecule has 0 unspecified atom stereocenters. The summed E-state index contributed by atoms with van der Waals surface area (Å²) in [6.45, 7) is 0.305. The van der Waals surface area contributed by atoms with Gasteiger partial charge in [0.1, 0.15) is 0 Å². The molecular weight excluding hydrogens is 352 g/mol. The van der Waals surface area contributed by atoms with Gasteiger partial charge in [0, 0.05) is 19.1 Å². The highest BCUT2D eigenvalue weighted by atomic mass is 35.5. The van der Waals surface area contributed by atoms with Crippen LogP contribution in [-0.2, 0) is 16.2 Å². The zero-order chi connectivity index (χ0) is 15.1. The van der Waals surface area contributed by atoms with Gasteiger partial charge in [0.15, 0.2) is 0 Å². The monoisotopic (exact) mass is 364 g/mol. The number of hydrogen-bond donors (Lipinski definition) is 1. The highest BCUT2D eigenvalue weighted by molar-refractivity contribution is 7.89. The fraction of sp³-hybridized carbons (Fsp3) is 0.455. The van der Waals surface area contributed by atoms with Gasteiger partial charge in [-0.15, -0.1) is 12.4 Å². The first kappa shape index (κ1) is 18.5. The van der Waals surface area contributed by atoms with Crippen molar-refractivity contribution in [1.29, 1.82) is 0 Å².